The fourth-order valence-electron chi connectivity index (χ4n) is 3.22. The number of nitrogens with one attached hydrogen (secondary N) is 1. The molecule has 1 fully saturated rings. The quantitative estimate of drug-likeness (QED) is 0.906. The number of ether oxygens (including phenoxy) is 1. The number of alkyl halides is 3. The molecule has 2 aromatic carbocycles. The number of rotatable bonds is 4. The fraction of sp³-hybridized carbons (Fsp3) is 0.316. The lowest BCUT2D eigenvalue weighted by Gasteiger charge is -2.36. The molecule has 1 aliphatic rings. The Balaban J connectivity index is 1.97. The van der Waals surface area contributed by atoms with Crippen molar-refractivity contribution in [3.8, 4) is 11.8 Å². The Bertz CT molecular complexity index is 778. The summed E-state index contributed by atoms with van der Waals surface area (Å²) in [4.78, 5) is 2.23. The van der Waals surface area contributed by atoms with E-state index in [0.29, 0.717) is 5.56 Å². The number of nitrogens with zero attached hydrogens (tertiary/aromatic N) is 2. The molecule has 1 atom stereocenters. The van der Waals surface area contributed by atoms with E-state index in [4.69, 9.17) is 0 Å². The molecule has 136 valence electrons. The Kier molecular flexibility index (Phi) is 5.45. The Morgan fingerprint density at radius 2 is 1.69 bits per heavy atom. The summed E-state index contributed by atoms with van der Waals surface area (Å²) in [6.07, 6.45) is -4.72. The van der Waals surface area contributed by atoms with E-state index < -0.39 is 6.36 Å². The van der Waals surface area contributed by atoms with Gasteiger partial charge in [0.15, 0.2) is 0 Å². The van der Waals surface area contributed by atoms with Gasteiger partial charge < -0.3 is 10.1 Å². The number of nitriles is 1. The summed E-state index contributed by atoms with van der Waals surface area (Å²) in [6.45, 7) is 3.21. The highest BCUT2D eigenvalue weighted by molar-refractivity contribution is 5.44. The van der Waals surface area contributed by atoms with Gasteiger partial charge in [-0.1, -0.05) is 30.3 Å². The third-order valence-corrected chi connectivity index (χ3v) is 4.32. The Labute approximate surface area is 149 Å². The minimum absolute atomic E-state index is 0.201. The van der Waals surface area contributed by atoms with Crippen molar-refractivity contribution < 1.29 is 17.9 Å². The van der Waals surface area contributed by atoms with Crippen LogP contribution in [0.5, 0.6) is 5.75 Å². The molecule has 0 amide bonds. The first-order valence-corrected chi connectivity index (χ1v) is 8.27. The van der Waals surface area contributed by atoms with Crippen molar-refractivity contribution in [3.63, 3.8) is 0 Å². The largest absolute Gasteiger partial charge is 0.573 e. The lowest BCUT2D eigenvalue weighted by Crippen LogP contribution is -2.45. The summed E-state index contributed by atoms with van der Waals surface area (Å²) in [6, 6.07) is 15.2. The summed E-state index contributed by atoms with van der Waals surface area (Å²) < 4.78 is 41.1. The zero-order valence-corrected chi connectivity index (χ0v) is 14.0. The van der Waals surface area contributed by atoms with Crippen molar-refractivity contribution in [3.05, 3.63) is 65.2 Å². The summed E-state index contributed by atoms with van der Waals surface area (Å²) >= 11 is 0. The van der Waals surface area contributed by atoms with Crippen LogP contribution >= 0.6 is 0 Å². The average molecular weight is 361 g/mol. The predicted molar refractivity (Wildman–Crippen MR) is 90.6 cm³/mol. The number of hydrogen-bond donors (Lipinski definition) is 1. The van der Waals surface area contributed by atoms with Crippen LogP contribution in [0, 0.1) is 11.3 Å². The predicted octanol–water partition coefficient (Wildman–Crippen LogP) is 3.45. The maximum Gasteiger partial charge on any atom is 0.573 e. The lowest BCUT2D eigenvalue weighted by molar-refractivity contribution is -0.274. The summed E-state index contributed by atoms with van der Waals surface area (Å²) in [5.74, 6) is -0.256. The highest BCUT2D eigenvalue weighted by Crippen LogP contribution is 2.33. The highest BCUT2D eigenvalue weighted by atomic mass is 19.4. The molecule has 1 heterocycles. The molecule has 0 aromatic heterocycles. The van der Waals surface area contributed by atoms with E-state index in [-0.39, 0.29) is 11.8 Å². The SMILES string of the molecule is N#Cc1ccccc1[C@@H](c1ccc(OC(F)(F)F)cc1)N1CCNCC1. The molecule has 26 heavy (non-hydrogen) atoms. The number of piperazine rings is 1. The molecule has 0 unspecified atom stereocenters. The van der Waals surface area contributed by atoms with Crippen LogP contribution in [-0.2, 0) is 0 Å². The first kappa shape index (κ1) is 18.2. The first-order chi connectivity index (χ1) is 12.5. The van der Waals surface area contributed by atoms with Crippen LogP contribution in [0.25, 0.3) is 0 Å². The summed E-state index contributed by atoms with van der Waals surface area (Å²) in [5.41, 5.74) is 2.23. The number of benzene rings is 2. The number of halogens is 3. The van der Waals surface area contributed by atoms with Gasteiger partial charge in [-0.25, -0.2) is 0 Å². The molecular weight excluding hydrogens is 343 g/mol. The van der Waals surface area contributed by atoms with Gasteiger partial charge in [0.2, 0.25) is 0 Å². The monoisotopic (exact) mass is 361 g/mol. The fourth-order valence-corrected chi connectivity index (χ4v) is 3.22. The molecule has 0 radical (unpaired) electrons. The Morgan fingerprint density at radius 3 is 2.31 bits per heavy atom. The zero-order valence-electron chi connectivity index (χ0n) is 14.0. The van der Waals surface area contributed by atoms with E-state index in [1.54, 1.807) is 24.3 Å². The minimum atomic E-state index is -4.72. The maximum absolute atomic E-state index is 12.4. The second-order valence-electron chi connectivity index (χ2n) is 6.00. The van der Waals surface area contributed by atoms with Crippen molar-refractivity contribution >= 4 is 0 Å². The lowest BCUT2D eigenvalue weighted by atomic mass is 9.93. The van der Waals surface area contributed by atoms with E-state index in [1.165, 1.54) is 12.1 Å². The number of hydrogen-bond acceptors (Lipinski definition) is 4. The molecule has 1 N–H and O–H groups in total. The topological polar surface area (TPSA) is 48.3 Å². The second-order valence-corrected chi connectivity index (χ2v) is 6.00. The van der Waals surface area contributed by atoms with Crippen LogP contribution in [-0.4, -0.2) is 37.4 Å². The molecular formula is C19H18F3N3O. The second kappa shape index (κ2) is 7.77. The molecule has 0 aliphatic carbocycles. The van der Waals surface area contributed by atoms with Gasteiger partial charge in [0.25, 0.3) is 0 Å². The van der Waals surface area contributed by atoms with Gasteiger partial charge in [-0.15, -0.1) is 13.2 Å². The zero-order chi connectivity index (χ0) is 18.6. The first-order valence-electron chi connectivity index (χ1n) is 8.27. The Morgan fingerprint density at radius 1 is 1.04 bits per heavy atom. The maximum atomic E-state index is 12.4. The minimum Gasteiger partial charge on any atom is -0.406 e. The van der Waals surface area contributed by atoms with Crippen LogP contribution < -0.4 is 10.1 Å². The van der Waals surface area contributed by atoms with Crippen LogP contribution in [0.3, 0.4) is 0 Å². The molecule has 0 spiro atoms. The van der Waals surface area contributed by atoms with E-state index in [0.717, 1.165) is 37.3 Å². The molecule has 3 rings (SSSR count). The van der Waals surface area contributed by atoms with Gasteiger partial charge in [-0.2, -0.15) is 5.26 Å². The average Bonchev–Trinajstić information content (AvgIpc) is 2.63. The summed E-state index contributed by atoms with van der Waals surface area (Å²) in [5, 5.41) is 12.7. The van der Waals surface area contributed by atoms with Crippen molar-refractivity contribution in [1.82, 2.24) is 10.2 Å². The summed E-state index contributed by atoms with van der Waals surface area (Å²) in [7, 11) is 0. The highest BCUT2D eigenvalue weighted by Gasteiger charge is 2.31. The molecule has 0 bridgehead atoms. The molecule has 0 saturated carbocycles. The van der Waals surface area contributed by atoms with Crippen LogP contribution in [0.2, 0.25) is 0 Å². The van der Waals surface area contributed by atoms with Crippen LogP contribution in [0.15, 0.2) is 48.5 Å². The van der Waals surface area contributed by atoms with E-state index in [2.05, 4.69) is 21.0 Å². The molecule has 4 nitrogen and oxygen atoms in total. The van der Waals surface area contributed by atoms with Gasteiger partial charge in [0, 0.05) is 26.2 Å². The van der Waals surface area contributed by atoms with Gasteiger partial charge >= 0.3 is 6.36 Å². The van der Waals surface area contributed by atoms with E-state index >= 15 is 0 Å². The third kappa shape index (κ3) is 4.34. The third-order valence-electron chi connectivity index (χ3n) is 4.32. The molecule has 2 aromatic rings. The van der Waals surface area contributed by atoms with Gasteiger partial charge in [0.05, 0.1) is 17.7 Å². The van der Waals surface area contributed by atoms with Gasteiger partial charge in [-0.3, -0.25) is 4.90 Å². The van der Waals surface area contributed by atoms with Crippen LogP contribution in [0.4, 0.5) is 13.2 Å². The van der Waals surface area contributed by atoms with Crippen molar-refractivity contribution in [2.24, 2.45) is 0 Å². The van der Waals surface area contributed by atoms with E-state index in [1.807, 2.05) is 12.1 Å². The molecule has 1 aliphatic heterocycles. The van der Waals surface area contributed by atoms with E-state index in [9.17, 15) is 18.4 Å². The smallest absolute Gasteiger partial charge is 0.406 e. The van der Waals surface area contributed by atoms with Gasteiger partial charge in [0.1, 0.15) is 5.75 Å². The van der Waals surface area contributed by atoms with Crippen molar-refractivity contribution in [1.29, 1.82) is 5.26 Å². The Hall–Kier alpha value is -2.56. The van der Waals surface area contributed by atoms with Crippen molar-refractivity contribution in [2.45, 2.75) is 12.4 Å². The van der Waals surface area contributed by atoms with Gasteiger partial charge in [-0.05, 0) is 29.3 Å². The van der Waals surface area contributed by atoms with Crippen molar-refractivity contribution in [2.75, 3.05) is 26.2 Å². The molecule has 1 saturated heterocycles. The van der Waals surface area contributed by atoms with Crippen LogP contribution in [0.1, 0.15) is 22.7 Å². The standard InChI is InChI=1S/C19H18F3N3O/c20-19(21,22)26-16-7-5-14(6-8-16)18(25-11-9-24-10-12-25)17-4-2-1-3-15(17)13-23/h1-8,18,24H,9-12H2/t18-/m1/s1. The molecule has 7 heteroatoms. The normalized spacial score (nSPS) is 16.7.